The van der Waals surface area contributed by atoms with Crippen LogP contribution in [0.2, 0.25) is 0 Å². The second-order valence-corrected chi connectivity index (χ2v) is 8.14. The fourth-order valence-electron chi connectivity index (χ4n) is 2.59. The van der Waals surface area contributed by atoms with Gasteiger partial charge in [0.2, 0.25) is 11.8 Å². The molecule has 0 fully saturated rings. The van der Waals surface area contributed by atoms with Gasteiger partial charge in [-0.3, -0.25) is 9.59 Å². The van der Waals surface area contributed by atoms with E-state index in [1.54, 1.807) is 11.0 Å². The van der Waals surface area contributed by atoms with Crippen molar-refractivity contribution < 1.29 is 9.59 Å². The first-order valence-electron chi connectivity index (χ1n) is 8.88. The van der Waals surface area contributed by atoms with Crippen molar-refractivity contribution in [2.75, 3.05) is 16.8 Å². The van der Waals surface area contributed by atoms with E-state index in [1.165, 1.54) is 18.1 Å². The van der Waals surface area contributed by atoms with Crippen LogP contribution in [0.1, 0.15) is 11.1 Å². The molecule has 3 rings (SSSR count). The van der Waals surface area contributed by atoms with Crippen LogP contribution >= 0.6 is 27.7 Å². The Morgan fingerprint density at radius 1 is 1.03 bits per heavy atom. The van der Waals surface area contributed by atoms with Gasteiger partial charge in [-0.05, 0) is 29.3 Å². The Morgan fingerprint density at radius 3 is 2.62 bits per heavy atom. The van der Waals surface area contributed by atoms with Gasteiger partial charge in [0, 0.05) is 16.7 Å². The maximum atomic E-state index is 12.0. The number of aromatic nitrogens is 3. The summed E-state index contributed by atoms with van der Waals surface area (Å²) >= 11 is 4.64. The fraction of sp³-hybridized carbons (Fsp3) is 0.200. The lowest BCUT2D eigenvalue weighted by Crippen LogP contribution is -2.25. The average molecular weight is 474 g/mol. The maximum absolute atomic E-state index is 12.0. The van der Waals surface area contributed by atoms with Crippen molar-refractivity contribution >= 4 is 45.2 Å². The van der Waals surface area contributed by atoms with Crippen LogP contribution in [0.4, 0.5) is 5.69 Å². The molecular formula is C20H20BrN5O2S. The summed E-state index contributed by atoms with van der Waals surface area (Å²) in [5, 5.41) is 9.78. The highest BCUT2D eigenvalue weighted by Gasteiger charge is 2.07. The van der Waals surface area contributed by atoms with E-state index in [0.29, 0.717) is 13.1 Å². The predicted octanol–water partition coefficient (Wildman–Crippen LogP) is 3.08. The number of carbonyl (C=O) groups is 2. The fourth-order valence-corrected chi connectivity index (χ4v) is 3.64. The molecule has 2 N–H and O–H groups in total. The molecule has 0 atom stereocenters. The molecule has 0 radical (unpaired) electrons. The molecule has 0 saturated heterocycles. The van der Waals surface area contributed by atoms with Crippen molar-refractivity contribution in [2.24, 2.45) is 0 Å². The van der Waals surface area contributed by atoms with Crippen molar-refractivity contribution in [3.8, 4) is 0 Å². The molecule has 0 unspecified atom stereocenters. The minimum atomic E-state index is -0.137. The SMILES string of the molecule is O=C(CSCC(=O)Nc1cccc(Br)c1)NCc1cccc(Cn2cncn2)c1. The van der Waals surface area contributed by atoms with Gasteiger partial charge in [0.25, 0.3) is 0 Å². The highest BCUT2D eigenvalue weighted by molar-refractivity contribution is 9.10. The average Bonchev–Trinajstić information content (AvgIpc) is 3.20. The number of benzene rings is 2. The van der Waals surface area contributed by atoms with E-state index >= 15 is 0 Å². The van der Waals surface area contributed by atoms with E-state index in [2.05, 4.69) is 36.6 Å². The molecule has 150 valence electrons. The van der Waals surface area contributed by atoms with Gasteiger partial charge in [-0.1, -0.05) is 46.3 Å². The Labute approximate surface area is 181 Å². The topological polar surface area (TPSA) is 88.9 Å². The standard InChI is InChI=1S/C20H20BrN5O2S/c21-17-5-2-6-18(8-17)25-20(28)12-29-11-19(27)23-9-15-3-1-4-16(7-15)10-26-14-22-13-24-26/h1-8,13-14H,9-12H2,(H,23,27)(H,25,28). The number of nitrogens with zero attached hydrogens (tertiary/aromatic N) is 3. The van der Waals surface area contributed by atoms with Gasteiger partial charge < -0.3 is 10.6 Å². The molecule has 2 aromatic carbocycles. The Hall–Kier alpha value is -2.65. The molecular weight excluding hydrogens is 454 g/mol. The number of rotatable bonds is 9. The summed E-state index contributed by atoms with van der Waals surface area (Å²) in [4.78, 5) is 27.9. The van der Waals surface area contributed by atoms with E-state index in [9.17, 15) is 9.59 Å². The molecule has 0 saturated carbocycles. The zero-order valence-corrected chi connectivity index (χ0v) is 17.9. The third-order valence-corrected chi connectivity index (χ3v) is 5.29. The number of anilines is 1. The summed E-state index contributed by atoms with van der Waals surface area (Å²) in [5.74, 6) is 0.200. The third kappa shape index (κ3) is 7.35. The van der Waals surface area contributed by atoms with Gasteiger partial charge in [-0.25, -0.2) is 9.67 Å². The zero-order chi connectivity index (χ0) is 20.5. The molecule has 0 spiro atoms. The minimum Gasteiger partial charge on any atom is -0.351 e. The highest BCUT2D eigenvalue weighted by Crippen LogP contribution is 2.16. The molecule has 7 nitrogen and oxygen atoms in total. The van der Waals surface area contributed by atoms with E-state index in [0.717, 1.165) is 21.3 Å². The molecule has 0 aliphatic heterocycles. The first kappa shape index (κ1) is 21.1. The number of carbonyl (C=O) groups excluding carboxylic acids is 2. The first-order chi connectivity index (χ1) is 14.1. The Morgan fingerprint density at radius 2 is 1.83 bits per heavy atom. The minimum absolute atomic E-state index is 0.105. The summed E-state index contributed by atoms with van der Waals surface area (Å²) in [7, 11) is 0. The van der Waals surface area contributed by atoms with E-state index in [1.807, 2.05) is 48.5 Å². The molecule has 1 heterocycles. The Bertz CT molecular complexity index is 965. The quantitative estimate of drug-likeness (QED) is 0.498. The van der Waals surface area contributed by atoms with Crippen LogP contribution in [-0.4, -0.2) is 38.1 Å². The van der Waals surface area contributed by atoms with Gasteiger partial charge >= 0.3 is 0 Å². The van der Waals surface area contributed by atoms with Crippen LogP contribution < -0.4 is 10.6 Å². The van der Waals surface area contributed by atoms with Crippen molar-refractivity contribution in [3.05, 3.63) is 76.8 Å². The van der Waals surface area contributed by atoms with E-state index < -0.39 is 0 Å². The summed E-state index contributed by atoms with van der Waals surface area (Å²) in [6, 6.07) is 15.3. The second kappa shape index (κ2) is 10.8. The van der Waals surface area contributed by atoms with Gasteiger partial charge in [0.15, 0.2) is 0 Å². The van der Waals surface area contributed by atoms with Crippen LogP contribution in [0, 0.1) is 0 Å². The summed E-state index contributed by atoms with van der Waals surface area (Å²) in [6.45, 7) is 1.07. The molecule has 0 bridgehead atoms. The molecule has 29 heavy (non-hydrogen) atoms. The Balaban J connectivity index is 1.37. The number of nitrogens with one attached hydrogen (secondary N) is 2. The third-order valence-electron chi connectivity index (χ3n) is 3.87. The largest absolute Gasteiger partial charge is 0.351 e. The summed E-state index contributed by atoms with van der Waals surface area (Å²) in [6.07, 6.45) is 3.17. The highest BCUT2D eigenvalue weighted by atomic mass is 79.9. The number of hydrogen-bond acceptors (Lipinski definition) is 5. The van der Waals surface area contributed by atoms with Crippen molar-refractivity contribution in [1.82, 2.24) is 20.1 Å². The van der Waals surface area contributed by atoms with Crippen molar-refractivity contribution in [2.45, 2.75) is 13.1 Å². The van der Waals surface area contributed by atoms with E-state index in [-0.39, 0.29) is 23.3 Å². The molecule has 3 aromatic rings. The van der Waals surface area contributed by atoms with Crippen molar-refractivity contribution in [3.63, 3.8) is 0 Å². The maximum Gasteiger partial charge on any atom is 0.234 e. The van der Waals surface area contributed by atoms with Crippen LogP contribution in [0.15, 0.2) is 65.7 Å². The summed E-state index contributed by atoms with van der Waals surface area (Å²) in [5.41, 5.74) is 2.81. The predicted molar refractivity (Wildman–Crippen MR) is 118 cm³/mol. The van der Waals surface area contributed by atoms with Gasteiger partial charge in [0.05, 0.1) is 18.1 Å². The number of hydrogen-bond donors (Lipinski definition) is 2. The lowest BCUT2D eigenvalue weighted by Gasteiger charge is -2.08. The number of amides is 2. The second-order valence-electron chi connectivity index (χ2n) is 6.24. The van der Waals surface area contributed by atoms with Gasteiger partial charge in [-0.15, -0.1) is 11.8 Å². The van der Waals surface area contributed by atoms with Crippen molar-refractivity contribution in [1.29, 1.82) is 0 Å². The lowest BCUT2D eigenvalue weighted by molar-refractivity contribution is -0.118. The monoisotopic (exact) mass is 473 g/mol. The molecule has 9 heteroatoms. The number of halogens is 1. The van der Waals surface area contributed by atoms with Crippen LogP contribution in [0.3, 0.4) is 0 Å². The molecule has 0 aliphatic carbocycles. The summed E-state index contributed by atoms with van der Waals surface area (Å²) < 4.78 is 2.64. The molecule has 2 amide bonds. The number of thioether (sulfide) groups is 1. The first-order valence-corrected chi connectivity index (χ1v) is 10.8. The lowest BCUT2D eigenvalue weighted by atomic mass is 10.1. The normalized spacial score (nSPS) is 10.5. The van der Waals surface area contributed by atoms with Crippen LogP contribution in [-0.2, 0) is 22.7 Å². The van der Waals surface area contributed by atoms with E-state index in [4.69, 9.17) is 0 Å². The van der Waals surface area contributed by atoms with Crippen LogP contribution in [0.5, 0.6) is 0 Å². The molecule has 1 aromatic heterocycles. The van der Waals surface area contributed by atoms with Gasteiger partial charge in [-0.2, -0.15) is 5.10 Å². The molecule has 0 aliphatic rings. The van der Waals surface area contributed by atoms with Gasteiger partial charge in [0.1, 0.15) is 12.7 Å². The van der Waals surface area contributed by atoms with Crippen LogP contribution in [0.25, 0.3) is 0 Å². The Kier molecular flexibility index (Phi) is 7.83. The zero-order valence-electron chi connectivity index (χ0n) is 15.5. The smallest absolute Gasteiger partial charge is 0.234 e.